The van der Waals surface area contributed by atoms with E-state index >= 15 is 0 Å². The number of ether oxygens (including phenoxy) is 3. The average molecular weight is 404 g/mol. The van der Waals surface area contributed by atoms with Crippen molar-refractivity contribution >= 4 is 23.6 Å². The maximum absolute atomic E-state index is 12.0. The molecule has 1 N–H and O–H groups in total. The normalized spacial score (nSPS) is 11.4. The highest BCUT2D eigenvalue weighted by Crippen LogP contribution is 2.19. The molecule has 0 aliphatic carbocycles. The monoisotopic (exact) mass is 403 g/mol. The molecular formula is C21H25NO5S. The Morgan fingerprint density at radius 1 is 1.04 bits per heavy atom. The van der Waals surface area contributed by atoms with Gasteiger partial charge in [-0.25, -0.2) is 4.79 Å². The zero-order chi connectivity index (χ0) is 20.4. The Hall–Kier alpha value is -2.67. The van der Waals surface area contributed by atoms with Gasteiger partial charge in [-0.1, -0.05) is 17.7 Å². The van der Waals surface area contributed by atoms with Crippen molar-refractivity contribution in [2.24, 2.45) is 0 Å². The van der Waals surface area contributed by atoms with Crippen LogP contribution in [0.25, 0.3) is 0 Å². The molecule has 0 heterocycles. The van der Waals surface area contributed by atoms with E-state index in [1.807, 2.05) is 19.1 Å². The molecule has 0 spiro atoms. The van der Waals surface area contributed by atoms with Crippen LogP contribution in [0.1, 0.15) is 12.5 Å². The first kappa shape index (κ1) is 21.6. The summed E-state index contributed by atoms with van der Waals surface area (Å²) in [7, 11) is 1.57. The fraction of sp³-hybridized carbons (Fsp3) is 0.333. The van der Waals surface area contributed by atoms with Crippen LogP contribution in [0.3, 0.4) is 0 Å². The molecule has 0 radical (unpaired) electrons. The lowest BCUT2D eigenvalue weighted by atomic mass is 10.2. The van der Waals surface area contributed by atoms with Crippen LogP contribution in [0.2, 0.25) is 0 Å². The minimum Gasteiger partial charge on any atom is -0.497 e. The number of carbonyl (C=O) groups excluding carboxylic acids is 2. The number of rotatable bonds is 10. The predicted octanol–water partition coefficient (Wildman–Crippen LogP) is 3.22. The van der Waals surface area contributed by atoms with Crippen LogP contribution in [-0.4, -0.2) is 44.0 Å². The Morgan fingerprint density at radius 2 is 1.68 bits per heavy atom. The first-order valence-electron chi connectivity index (χ1n) is 8.91. The molecule has 2 aromatic carbocycles. The number of carbonyl (C=O) groups is 2. The van der Waals surface area contributed by atoms with Crippen LogP contribution in [0.15, 0.2) is 53.4 Å². The Bertz CT molecular complexity index is 761. The topological polar surface area (TPSA) is 73.9 Å². The van der Waals surface area contributed by atoms with E-state index in [1.54, 1.807) is 50.1 Å². The number of benzene rings is 2. The van der Waals surface area contributed by atoms with Crippen LogP contribution >= 0.6 is 11.8 Å². The highest BCUT2D eigenvalue weighted by Gasteiger charge is 2.17. The van der Waals surface area contributed by atoms with Gasteiger partial charge in [0.1, 0.15) is 11.5 Å². The maximum Gasteiger partial charge on any atom is 0.347 e. The van der Waals surface area contributed by atoms with Gasteiger partial charge in [-0.3, -0.25) is 4.79 Å². The Labute approximate surface area is 169 Å². The number of esters is 1. The van der Waals surface area contributed by atoms with Crippen LogP contribution < -0.4 is 14.8 Å². The van der Waals surface area contributed by atoms with Gasteiger partial charge in [0.05, 0.1) is 7.11 Å². The molecule has 0 aliphatic rings. The third-order valence-electron chi connectivity index (χ3n) is 3.76. The SMILES string of the molecule is COc1ccc(OC(C)C(=O)OCC(=O)NCCSc2ccc(C)cc2)cc1. The van der Waals surface area contributed by atoms with Crippen molar-refractivity contribution in [2.75, 3.05) is 26.0 Å². The average Bonchev–Trinajstić information content (AvgIpc) is 2.71. The van der Waals surface area contributed by atoms with Crippen molar-refractivity contribution in [1.82, 2.24) is 5.32 Å². The number of amides is 1. The van der Waals surface area contributed by atoms with Crippen molar-refractivity contribution in [3.05, 3.63) is 54.1 Å². The van der Waals surface area contributed by atoms with E-state index in [-0.39, 0.29) is 12.5 Å². The number of methoxy groups -OCH3 is 1. The number of hydrogen-bond donors (Lipinski definition) is 1. The molecule has 0 saturated carbocycles. The number of hydrogen-bond acceptors (Lipinski definition) is 6. The van der Waals surface area contributed by atoms with Gasteiger partial charge in [-0.05, 0) is 50.2 Å². The van der Waals surface area contributed by atoms with Crippen molar-refractivity contribution in [3.8, 4) is 11.5 Å². The van der Waals surface area contributed by atoms with Gasteiger partial charge < -0.3 is 19.5 Å². The molecule has 0 saturated heterocycles. The third kappa shape index (κ3) is 7.52. The number of nitrogens with one attached hydrogen (secondary N) is 1. The second kappa shape index (κ2) is 11.2. The second-order valence-electron chi connectivity index (χ2n) is 6.05. The molecule has 0 aliphatic heterocycles. The van der Waals surface area contributed by atoms with Gasteiger partial charge in [0.25, 0.3) is 5.91 Å². The van der Waals surface area contributed by atoms with E-state index in [0.29, 0.717) is 18.0 Å². The van der Waals surface area contributed by atoms with E-state index < -0.39 is 12.1 Å². The molecule has 150 valence electrons. The lowest BCUT2D eigenvalue weighted by molar-refractivity contribution is -0.154. The lowest BCUT2D eigenvalue weighted by Gasteiger charge is -2.14. The fourth-order valence-electron chi connectivity index (χ4n) is 2.21. The fourth-order valence-corrected chi connectivity index (χ4v) is 2.97. The predicted molar refractivity (Wildman–Crippen MR) is 109 cm³/mol. The molecule has 1 unspecified atom stereocenters. The lowest BCUT2D eigenvalue weighted by Crippen LogP contribution is -2.33. The zero-order valence-corrected chi connectivity index (χ0v) is 17.1. The summed E-state index contributed by atoms with van der Waals surface area (Å²) >= 11 is 1.65. The molecule has 28 heavy (non-hydrogen) atoms. The van der Waals surface area contributed by atoms with Crippen LogP contribution in [0.4, 0.5) is 0 Å². The molecule has 6 nitrogen and oxygen atoms in total. The minimum absolute atomic E-state index is 0.329. The van der Waals surface area contributed by atoms with Crippen molar-refractivity contribution < 1.29 is 23.8 Å². The summed E-state index contributed by atoms with van der Waals surface area (Å²) < 4.78 is 15.6. The van der Waals surface area contributed by atoms with Gasteiger partial charge in [-0.15, -0.1) is 11.8 Å². The largest absolute Gasteiger partial charge is 0.497 e. The minimum atomic E-state index is -0.821. The Kier molecular flexibility index (Phi) is 8.68. The molecule has 0 bridgehead atoms. The zero-order valence-electron chi connectivity index (χ0n) is 16.3. The quantitative estimate of drug-likeness (QED) is 0.373. The van der Waals surface area contributed by atoms with Crippen molar-refractivity contribution in [1.29, 1.82) is 0 Å². The summed E-state index contributed by atoms with van der Waals surface area (Å²) in [5.41, 5.74) is 1.21. The molecule has 2 aromatic rings. The van der Waals surface area contributed by atoms with E-state index in [1.165, 1.54) is 5.56 Å². The van der Waals surface area contributed by atoms with E-state index in [0.717, 1.165) is 10.6 Å². The highest BCUT2D eigenvalue weighted by atomic mass is 32.2. The third-order valence-corrected chi connectivity index (χ3v) is 4.78. The van der Waals surface area contributed by atoms with Gasteiger partial charge >= 0.3 is 5.97 Å². The van der Waals surface area contributed by atoms with E-state index in [4.69, 9.17) is 14.2 Å². The van der Waals surface area contributed by atoms with Crippen LogP contribution in [0, 0.1) is 6.92 Å². The van der Waals surface area contributed by atoms with Gasteiger partial charge in [0.15, 0.2) is 12.7 Å². The smallest absolute Gasteiger partial charge is 0.347 e. The summed E-state index contributed by atoms with van der Waals surface area (Å²) in [6.45, 7) is 3.78. The number of aryl methyl sites for hydroxylation is 1. The van der Waals surface area contributed by atoms with Crippen LogP contribution in [-0.2, 0) is 14.3 Å². The van der Waals surface area contributed by atoms with Crippen LogP contribution in [0.5, 0.6) is 11.5 Å². The first-order chi connectivity index (χ1) is 13.5. The molecule has 0 fully saturated rings. The summed E-state index contributed by atoms with van der Waals surface area (Å²) in [6.07, 6.45) is -0.821. The summed E-state index contributed by atoms with van der Waals surface area (Å²) in [6, 6.07) is 15.1. The summed E-state index contributed by atoms with van der Waals surface area (Å²) in [5.74, 6) is 1.01. The highest BCUT2D eigenvalue weighted by molar-refractivity contribution is 7.99. The molecule has 2 rings (SSSR count). The Morgan fingerprint density at radius 3 is 2.32 bits per heavy atom. The summed E-state index contributed by atoms with van der Waals surface area (Å²) in [4.78, 5) is 24.9. The maximum atomic E-state index is 12.0. The standard InChI is InChI=1S/C21H25NO5S/c1-15-4-10-19(11-5-15)28-13-12-22-20(23)14-26-21(24)16(2)27-18-8-6-17(25-3)7-9-18/h4-11,16H,12-14H2,1-3H3,(H,22,23). The second-order valence-corrected chi connectivity index (χ2v) is 7.22. The molecule has 1 atom stereocenters. The van der Waals surface area contributed by atoms with Gasteiger partial charge in [0.2, 0.25) is 0 Å². The van der Waals surface area contributed by atoms with E-state index in [2.05, 4.69) is 17.4 Å². The van der Waals surface area contributed by atoms with E-state index in [9.17, 15) is 9.59 Å². The van der Waals surface area contributed by atoms with Gasteiger partial charge in [0, 0.05) is 17.2 Å². The number of thioether (sulfide) groups is 1. The van der Waals surface area contributed by atoms with Crippen molar-refractivity contribution in [3.63, 3.8) is 0 Å². The van der Waals surface area contributed by atoms with Crippen molar-refractivity contribution in [2.45, 2.75) is 24.8 Å². The van der Waals surface area contributed by atoms with Gasteiger partial charge in [-0.2, -0.15) is 0 Å². The Balaban J connectivity index is 1.62. The molecule has 7 heteroatoms. The summed E-state index contributed by atoms with van der Waals surface area (Å²) in [5, 5.41) is 2.73. The molecular weight excluding hydrogens is 378 g/mol. The molecule has 0 aromatic heterocycles. The first-order valence-corrected chi connectivity index (χ1v) is 9.90. The molecule has 1 amide bonds.